The molecule has 30 heavy (non-hydrogen) atoms. The zero-order chi connectivity index (χ0) is 21.9. The van der Waals surface area contributed by atoms with E-state index in [9.17, 15) is 4.79 Å². The van der Waals surface area contributed by atoms with Crippen LogP contribution in [0, 0.1) is 0 Å². The average molecular weight is 406 g/mol. The fourth-order valence-electron chi connectivity index (χ4n) is 2.70. The maximum Gasteiger partial charge on any atom is 0.175 e. The molecule has 0 spiro atoms. The van der Waals surface area contributed by atoms with Gasteiger partial charge in [-0.2, -0.15) is 0 Å². The number of rotatable bonds is 8. The summed E-state index contributed by atoms with van der Waals surface area (Å²) in [4.78, 5) is 14.5. The molecule has 156 valence electrons. The predicted molar refractivity (Wildman–Crippen MR) is 121 cm³/mol. The molecule has 0 fully saturated rings. The lowest BCUT2D eigenvalue weighted by Crippen LogP contribution is -2.10. The Hall–Kier alpha value is -3.74. The Kier molecular flexibility index (Phi) is 5.82. The third kappa shape index (κ3) is 5.20. The molecule has 7 nitrogen and oxygen atoms in total. The molecule has 0 bridgehead atoms. The van der Waals surface area contributed by atoms with E-state index < -0.39 is 0 Å². The minimum atomic E-state index is -0.109. The van der Waals surface area contributed by atoms with Crippen LogP contribution in [0.1, 0.15) is 49.5 Å². The molecule has 0 unspecified atom stereocenters. The molecule has 4 N–H and O–H groups in total. The van der Waals surface area contributed by atoms with Crippen molar-refractivity contribution in [2.45, 2.75) is 33.1 Å². The highest BCUT2D eigenvalue weighted by Gasteiger charge is 2.19. The van der Waals surface area contributed by atoms with E-state index >= 15 is 0 Å². The number of H-pyrrole nitrogens is 1. The minimum absolute atomic E-state index is 0.00909. The topological polar surface area (TPSA) is 95.0 Å². The highest BCUT2D eigenvalue weighted by molar-refractivity contribution is 5.95. The van der Waals surface area contributed by atoms with E-state index in [0.29, 0.717) is 22.9 Å². The number of anilines is 3. The van der Waals surface area contributed by atoms with Gasteiger partial charge in [-0.15, -0.1) is 0 Å². The summed E-state index contributed by atoms with van der Waals surface area (Å²) in [5.74, 6) is 1.99. The van der Waals surface area contributed by atoms with Crippen molar-refractivity contribution in [3.05, 3.63) is 78.6 Å². The number of Topliss-reactive ketones (excluding diaryl/α,β-unsaturated/α-hetero) is 1. The van der Waals surface area contributed by atoms with E-state index in [1.165, 1.54) is 6.92 Å². The summed E-state index contributed by atoms with van der Waals surface area (Å²) in [5.41, 5.74) is 3.69. The summed E-state index contributed by atoms with van der Waals surface area (Å²) < 4.78 is 5.36. The number of nitrogens with one attached hydrogen (secondary N) is 4. The summed E-state index contributed by atoms with van der Waals surface area (Å²) in [7, 11) is 0. The van der Waals surface area contributed by atoms with Gasteiger partial charge in [-0.25, -0.2) is 0 Å². The van der Waals surface area contributed by atoms with Crippen LogP contribution in [-0.2, 0) is 5.41 Å². The van der Waals surface area contributed by atoms with E-state index in [-0.39, 0.29) is 11.2 Å². The molecule has 2 heterocycles. The third-order valence-corrected chi connectivity index (χ3v) is 4.42. The van der Waals surface area contributed by atoms with Gasteiger partial charge in [0.25, 0.3) is 0 Å². The van der Waals surface area contributed by atoms with Crippen molar-refractivity contribution < 1.29 is 9.32 Å². The standard InChI is InChI=1S/C23H27N5O2/c1-14(20-11-17(13-24-20)15(2)29)25-18-7-9-19(10-8-18)26-16(3)27-22-12-21(30-28-22)23(4,5)6/h7-13,24-26H,1,3H2,2,4-6H3,(H,27,28). The first kappa shape index (κ1) is 21.0. The van der Waals surface area contributed by atoms with Crippen LogP contribution in [-0.4, -0.2) is 15.9 Å². The quantitative estimate of drug-likeness (QED) is 0.365. The number of carbonyl (C=O) groups excluding carboxylic acids is 1. The number of hydrogen-bond donors (Lipinski definition) is 4. The first-order valence-electron chi connectivity index (χ1n) is 9.57. The SMILES string of the molecule is C=C(Nc1ccc(NC(=C)c2cc(C(C)=O)c[nH]2)cc1)Nc1cc(C(C)(C)C)on1. The second-order valence-corrected chi connectivity index (χ2v) is 8.09. The molecule has 3 rings (SSSR count). The molecule has 1 aromatic carbocycles. The smallest absolute Gasteiger partial charge is 0.175 e. The van der Waals surface area contributed by atoms with Gasteiger partial charge in [0, 0.05) is 34.6 Å². The maximum absolute atomic E-state index is 11.4. The Morgan fingerprint density at radius 3 is 2.20 bits per heavy atom. The summed E-state index contributed by atoms with van der Waals surface area (Å²) in [6.07, 6.45) is 1.68. The van der Waals surface area contributed by atoms with Crippen molar-refractivity contribution in [1.82, 2.24) is 10.1 Å². The van der Waals surface area contributed by atoms with Crippen LogP contribution in [0.4, 0.5) is 17.2 Å². The second kappa shape index (κ2) is 8.32. The number of hydrogen-bond acceptors (Lipinski definition) is 6. The van der Waals surface area contributed by atoms with Gasteiger partial charge in [0.2, 0.25) is 0 Å². The van der Waals surface area contributed by atoms with Crippen molar-refractivity contribution in [2.75, 3.05) is 16.0 Å². The van der Waals surface area contributed by atoms with Crippen LogP contribution in [0.5, 0.6) is 0 Å². The highest BCUT2D eigenvalue weighted by Crippen LogP contribution is 2.25. The molecule has 7 heteroatoms. The van der Waals surface area contributed by atoms with Crippen LogP contribution in [0.25, 0.3) is 5.70 Å². The van der Waals surface area contributed by atoms with Gasteiger partial charge >= 0.3 is 0 Å². The molecule has 0 aliphatic rings. The number of aromatic amines is 1. The maximum atomic E-state index is 11.4. The Bertz CT molecular complexity index is 1070. The predicted octanol–water partition coefficient (Wildman–Crippen LogP) is 5.58. The largest absolute Gasteiger partial charge is 0.359 e. The van der Waals surface area contributed by atoms with E-state index in [4.69, 9.17) is 4.52 Å². The van der Waals surface area contributed by atoms with Crippen LogP contribution < -0.4 is 16.0 Å². The van der Waals surface area contributed by atoms with Gasteiger partial charge in [0.1, 0.15) is 11.6 Å². The summed E-state index contributed by atoms with van der Waals surface area (Å²) in [6, 6.07) is 11.3. The lowest BCUT2D eigenvalue weighted by atomic mass is 9.93. The first-order valence-corrected chi connectivity index (χ1v) is 9.57. The number of aromatic nitrogens is 2. The summed E-state index contributed by atoms with van der Waals surface area (Å²) in [6.45, 7) is 15.7. The molecule has 0 aliphatic carbocycles. The Morgan fingerprint density at radius 2 is 1.67 bits per heavy atom. The van der Waals surface area contributed by atoms with Crippen LogP contribution in [0.2, 0.25) is 0 Å². The zero-order valence-electron chi connectivity index (χ0n) is 17.7. The monoisotopic (exact) mass is 405 g/mol. The van der Waals surface area contributed by atoms with Crippen LogP contribution in [0.15, 0.2) is 66.1 Å². The van der Waals surface area contributed by atoms with Gasteiger partial charge in [0.15, 0.2) is 11.6 Å². The van der Waals surface area contributed by atoms with Gasteiger partial charge in [-0.3, -0.25) is 4.79 Å². The molecule has 3 aromatic rings. The Morgan fingerprint density at radius 1 is 1.03 bits per heavy atom. The molecule has 0 atom stereocenters. The minimum Gasteiger partial charge on any atom is -0.359 e. The van der Waals surface area contributed by atoms with Crippen molar-refractivity contribution in [1.29, 1.82) is 0 Å². The number of benzene rings is 1. The Balaban J connectivity index is 1.56. The number of carbonyl (C=O) groups is 1. The van der Waals surface area contributed by atoms with E-state index in [0.717, 1.165) is 22.8 Å². The van der Waals surface area contributed by atoms with Gasteiger partial charge in [0.05, 0.1) is 11.4 Å². The second-order valence-electron chi connectivity index (χ2n) is 8.09. The third-order valence-electron chi connectivity index (χ3n) is 4.42. The molecule has 0 saturated carbocycles. The van der Waals surface area contributed by atoms with Gasteiger partial charge in [-0.05, 0) is 37.3 Å². The molecule has 0 amide bonds. The van der Waals surface area contributed by atoms with Crippen molar-refractivity contribution >= 4 is 28.7 Å². The zero-order valence-corrected chi connectivity index (χ0v) is 17.7. The molecular formula is C23H27N5O2. The summed E-state index contributed by atoms with van der Waals surface area (Å²) in [5, 5.41) is 13.5. The molecule has 2 aromatic heterocycles. The molecule has 0 radical (unpaired) electrons. The van der Waals surface area contributed by atoms with Crippen molar-refractivity contribution in [2.24, 2.45) is 0 Å². The molecule has 0 saturated heterocycles. The average Bonchev–Trinajstić information content (AvgIpc) is 3.32. The summed E-state index contributed by atoms with van der Waals surface area (Å²) >= 11 is 0. The number of ketones is 1. The fourth-order valence-corrected chi connectivity index (χ4v) is 2.70. The van der Waals surface area contributed by atoms with Gasteiger partial charge < -0.3 is 25.5 Å². The van der Waals surface area contributed by atoms with Crippen molar-refractivity contribution in [3.63, 3.8) is 0 Å². The van der Waals surface area contributed by atoms with Gasteiger partial charge in [-0.1, -0.05) is 39.1 Å². The van der Waals surface area contributed by atoms with E-state index in [1.807, 2.05) is 30.3 Å². The van der Waals surface area contributed by atoms with Crippen LogP contribution >= 0.6 is 0 Å². The lowest BCUT2D eigenvalue weighted by Gasteiger charge is -2.13. The van der Waals surface area contributed by atoms with Crippen LogP contribution in [0.3, 0.4) is 0 Å². The van der Waals surface area contributed by atoms with E-state index in [1.54, 1.807) is 12.3 Å². The highest BCUT2D eigenvalue weighted by atomic mass is 16.5. The first-order chi connectivity index (χ1) is 14.1. The number of nitrogens with zero attached hydrogens (tertiary/aromatic N) is 1. The van der Waals surface area contributed by atoms with E-state index in [2.05, 4.69) is 60.0 Å². The molecular weight excluding hydrogens is 378 g/mol. The van der Waals surface area contributed by atoms with Crippen molar-refractivity contribution in [3.8, 4) is 0 Å². The Labute approximate surface area is 176 Å². The fraction of sp³-hybridized carbons (Fsp3) is 0.217. The molecule has 0 aliphatic heterocycles. The lowest BCUT2D eigenvalue weighted by molar-refractivity contribution is 0.101. The normalized spacial score (nSPS) is 11.1.